The summed E-state index contributed by atoms with van der Waals surface area (Å²) in [6.45, 7) is 3.25. The number of benzene rings is 1. The molecule has 0 aliphatic carbocycles. The zero-order chi connectivity index (χ0) is 19.2. The largest absolute Gasteiger partial charge is 0.387 e. The maximum absolute atomic E-state index is 10.4. The molecule has 0 aliphatic rings. The van der Waals surface area contributed by atoms with Crippen LogP contribution in [0.4, 0.5) is 0 Å². The van der Waals surface area contributed by atoms with Gasteiger partial charge in [0.2, 0.25) is 0 Å². The van der Waals surface area contributed by atoms with E-state index in [0.29, 0.717) is 34.7 Å². The molecular formula is C18H21Cl2IN6O. The van der Waals surface area contributed by atoms with Crippen molar-refractivity contribution in [2.24, 2.45) is 4.99 Å². The van der Waals surface area contributed by atoms with Crippen LogP contribution in [0.15, 0.2) is 47.6 Å². The molecule has 1 aromatic carbocycles. The van der Waals surface area contributed by atoms with E-state index in [1.54, 1.807) is 18.2 Å². The monoisotopic (exact) mass is 534 g/mol. The number of rotatable bonds is 6. The topological polar surface area (TPSA) is 86.8 Å². The van der Waals surface area contributed by atoms with Gasteiger partial charge in [-0.3, -0.25) is 4.40 Å². The molecule has 2 aromatic heterocycles. The van der Waals surface area contributed by atoms with Crippen LogP contribution < -0.4 is 10.6 Å². The number of hydrogen-bond donors (Lipinski definition) is 3. The molecule has 7 nitrogen and oxygen atoms in total. The van der Waals surface area contributed by atoms with Crippen LogP contribution >= 0.6 is 47.2 Å². The van der Waals surface area contributed by atoms with Crippen molar-refractivity contribution >= 4 is 58.8 Å². The molecule has 10 heteroatoms. The highest BCUT2D eigenvalue weighted by atomic mass is 127. The number of halogens is 3. The number of aliphatic imine (C=N–C) groups is 1. The molecule has 0 radical (unpaired) electrons. The maximum Gasteiger partial charge on any atom is 0.191 e. The number of nitrogens with one attached hydrogen (secondary N) is 2. The van der Waals surface area contributed by atoms with Crippen LogP contribution in [0, 0.1) is 0 Å². The Balaban J connectivity index is 0.00000280. The fourth-order valence-corrected chi connectivity index (χ4v) is 3.11. The molecule has 3 N–H and O–H groups in total. The Morgan fingerprint density at radius 1 is 1.18 bits per heavy atom. The second-order valence-electron chi connectivity index (χ2n) is 5.84. The number of aromatic nitrogens is 3. The van der Waals surface area contributed by atoms with E-state index in [2.05, 4.69) is 25.8 Å². The van der Waals surface area contributed by atoms with Crippen molar-refractivity contribution in [1.29, 1.82) is 0 Å². The molecular weight excluding hydrogens is 514 g/mol. The van der Waals surface area contributed by atoms with Gasteiger partial charge >= 0.3 is 0 Å². The van der Waals surface area contributed by atoms with E-state index >= 15 is 0 Å². The number of hydrogen-bond acceptors (Lipinski definition) is 4. The number of nitrogens with zero attached hydrogens (tertiary/aromatic N) is 4. The van der Waals surface area contributed by atoms with Gasteiger partial charge in [-0.25, -0.2) is 4.99 Å². The Morgan fingerprint density at radius 3 is 2.64 bits per heavy atom. The quantitative estimate of drug-likeness (QED) is 0.256. The molecule has 0 bridgehead atoms. The normalized spacial score (nSPS) is 12.5. The Labute approximate surface area is 190 Å². The first-order chi connectivity index (χ1) is 13.1. The number of aliphatic hydroxyl groups is 1. The molecule has 0 fully saturated rings. The predicted octanol–water partition coefficient (Wildman–Crippen LogP) is 3.44. The first-order valence-corrected chi connectivity index (χ1v) is 9.27. The average molecular weight is 535 g/mol. The Morgan fingerprint density at radius 2 is 1.93 bits per heavy atom. The Hall–Kier alpha value is -1.62. The van der Waals surface area contributed by atoms with Gasteiger partial charge in [0, 0.05) is 29.3 Å². The summed E-state index contributed by atoms with van der Waals surface area (Å²) in [5, 5.41) is 25.9. The average Bonchev–Trinajstić information content (AvgIpc) is 3.06. The van der Waals surface area contributed by atoms with Gasteiger partial charge in [0.1, 0.15) is 6.54 Å². The molecule has 0 aliphatic heterocycles. The first kappa shape index (κ1) is 22.7. The van der Waals surface area contributed by atoms with Gasteiger partial charge in [-0.05, 0) is 42.8 Å². The van der Waals surface area contributed by atoms with Gasteiger partial charge in [-0.2, -0.15) is 0 Å². The van der Waals surface area contributed by atoms with E-state index in [9.17, 15) is 5.11 Å². The van der Waals surface area contributed by atoms with Crippen molar-refractivity contribution in [3.8, 4) is 0 Å². The maximum atomic E-state index is 10.4. The fourth-order valence-electron chi connectivity index (χ4n) is 2.57. The molecule has 3 rings (SSSR count). The van der Waals surface area contributed by atoms with Crippen molar-refractivity contribution in [1.82, 2.24) is 25.2 Å². The van der Waals surface area contributed by atoms with Crippen LogP contribution in [-0.4, -0.2) is 38.8 Å². The van der Waals surface area contributed by atoms with Gasteiger partial charge in [0.25, 0.3) is 0 Å². The lowest BCUT2D eigenvalue weighted by Crippen LogP contribution is -2.39. The predicted molar refractivity (Wildman–Crippen MR) is 123 cm³/mol. The summed E-state index contributed by atoms with van der Waals surface area (Å²) in [5.41, 5.74) is 1.41. The van der Waals surface area contributed by atoms with Crippen LogP contribution in [0.2, 0.25) is 10.0 Å². The number of fused-ring (bicyclic) bond motifs is 1. The summed E-state index contributed by atoms with van der Waals surface area (Å²) < 4.78 is 1.88. The van der Waals surface area contributed by atoms with E-state index < -0.39 is 6.10 Å². The molecule has 1 atom stereocenters. The number of guanidine groups is 1. The van der Waals surface area contributed by atoms with Gasteiger partial charge in [-0.1, -0.05) is 29.3 Å². The van der Waals surface area contributed by atoms with Crippen molar-refractivity contribution in [3.63, 3.8) is 0 Å². The van der Waals surface area contributed by atoms with Crippen molar-refractivity contribution in [2.45, 2.75) is 19.6 Å². The smallest absolute Gasteiger partial charge is 0.191 e. The van der Waals surface area contributed by atoms with Crippen molar-refractivity contribution < 1.29 is 5.11 Å². The highest BCUT2D eigenvalue weighted by Crippen LogP contribution is 2.23. The van der Waals surface area contributed by atoms with Gasteiger partial charge in [0.05, 0.1) is 6.10 Å². The van der Waals surface area contributed by atoms with Gasteiger partial charge < -0.3 is 15.7 Å². The second kappa shape index (κ2) is 10.8. The van der Waals surface area contributed by atoms with Crippen LogP contribution in [0.25, 0.3) is 5.65 Å². The highest BCUT2D eigenvalue weighted by Gasteiger charge is 2.11. The minimum absolute atomic E-state index is 0. The molecule has 0 amide bonds. The first-order valence-electron chi connectivity index (χ1n) is 8.51. The third kappa shape index (κ3) is 5.94. The van der Waals surface area contributed by atoms with E-state index in [-0.39, 0.29) is 30.5 Å². The molecule has 0 saturated carbocycles. The van der Waals surface area contributed by atoms with E-state index in [1.165, 1.54) is 0 Å². The lowest BCUT2D eigenvalue weighted by atomic mass is 10.1. The van der Waals surface area contributed by atoms with Crippen LogP contribution in [0.1, 0.15) is 24.4 Å². The lowest BCUT2D eigenvalue weighted by molar-refractivity contribution is 0.181. The summed E-state index contributed by atoms with van der Waals surface area (Å²) in [4.78, 5) is 4.51. The third-order valence-corrected chi connectivity index (χ3v) is 4.28. The third-order valence-electron chi connectivity index (χ3n) is 3.84. The minimum Gasteiger partial charge on any atom is -0.387 e. The summed E-state index contributed by atoms with van der Waals surface area (Å²) >= 11 is 12.0. The zero-order valence-corrected chi connectivity index (χ0v) is 19.0. The van der Waals surface area contributed by atoms with Crippen molar-refractivity contribution in [2.75, 3.05) is 13.1 Å². The minimum atomic E-state index is -0.779. The van der Waals surface area contributed by atoms with E-state index in [4.69, 9.17) is 23.2 Å². The summed E-state index contributed by atoms with van der Waals surface area (Å²) in [7, 11) is 0. The SMILES string of the molecule is CCNC(=NCc1nnc2ccccn12)NCC(O)c1cc(Cl)cc(Cl)c1.I. The Kier molecular flexibility index (Phi) is 8.74. The van der Waals surface area contributed by atoms with E-state index in [1.807, 2.05) is 35.7 Å². The fraction of sp³-hybridized carbons (Fsp3) is 0.278. The standard InChI is InChI=1S/C18H20Cl2N6O.HI/c1-2-21-18(22-10-15(27)12-7-13(19)9-14(20)8-12)23-11-17-25-24-16-5-3-4-6-26(16)17;/h3-9,15,27H,2,10-11H2,1H3,(H2,21,22,23);1H. The molecule has 1 unspecified atom stereocenters. The zero-order valence-electron chi connectivity index (χ0n) is 15.1. The molecule has 2 heterocycles. The Bertz CT molecular complexity index is 928. The van der Waals surface area contributed by atoms with Crippen molar-refractivity contribution in [3.05, 3.63) is 64.0 Å². The van der Waals surface area contributed by atoms with Crippen LogP contribution in [0.3, 0.4) is 0 Å². The summed E-state index contributed by atoms with van der Waals surface area (Å²) in [6, 6.07) is 10.7. The lowest BCUT2D eigenvalue weighted by Gasteiger charge is -2.16. The molecule has 3 aromatic rings. The van der Waals surface area contributed by atoms with Crippen LogP contribution in [-0.2, 0) is 6.54 Å². The van der Waals surface area contributed by atoms with Crippen LogP contribution in [0.5, 0.6) is 0 Å². The molecule has 150 valence electrons. The van der Waals surface area contributed by atoms with E-state index in [0.717, 1.165) is 11.5 Å². The van der Waals surface area contributed by atoms with Gasteiger partial charge in [-0.15, -0.1) is 34.2 Å². The highest BCUT2D eigenvalue weighted by molar-refractivity contribution is 14.0. The summed E-state index contributed by atoms with van der Waals surface area (Å²) in [6.07, 6.45) is 1.12. The molecule has 0 spiro atoms. The van der Waals surface area contributed by atoms with Gasteiger partial charge in [0.15, 0.2) is 17.4 Å². The summed E-state index contributed by atoms with van der Waals surface area (Å²) in [5.74, 6) is 1.29. The second-order valence-corrected chi connectivity index (χ2v) is 6.71. The molecule has 0 saturated heterocycles. The molecule has 28 heavy (non-hydrogen) atoms. The number of aliphatic hydroxyl groups excluding tert-OH is 1. The number of pyridine rings is 1.